The van der Waals surface area contributed by atoms with E-state index in [1.54, 1.807) is 0 Å². The van der Waals surface area contributed by atoms with Gasteiger partial charge in [-0.2, -0.15) is 0 Å². The molecule has 112 valence electrons. The molecule has 0 aliphatic heterocycles. The standard InChI is InChI=1S/C17H15ClN2OS/c18-10-11-4-1-2-5-12(11)13-7-8-14(20-13)16(17(19)21)15-6-3-9-22-15/h1-9,16,20H,10H2,(H2,19,21). The number of primary amides is 1. The average molecular weight is 331 g/mol. The lowest BCUT2D eigenvalue weighted by Gasteiger charge is -2.10. The molecule has 2 aromatic heterocycles. The molecule has 0 saturated carbocycles. The summed E-state index contributed by atoms with van der Waals surface area (Å²) in [7, 11) is 0. The summed E-state index contributed by atoms with van der Waals surface area (Å²) in [6.45, 7) is 0. The summed E-state index contributed by atoms with van der Waals surface area (Å²) in [5.74, 6) is -0.368. The quantitative estimate of drug-likeness (QED) is 0.680. The molecule has 1 amide bonds. The van der Waals surface area contributed by atoms with Gasteiger partial charge in [-0.25, -0.2) is 0 Å². The lowest BCUT2D eigenvalue weighted by molar-refractivity contribution is -0.118. The average Bonchev–Trinajstić information content (AvgIpc) is 3.19. The number of alkyl halides is 1. The third kappa shape index (κ3) is 2.80. The van der Waals surface area contributed by atoms with Crippen molar-refractivity contribution in [3.8, 4) is 11.3 Å². The van der Waals surface area contributed by atoms with E-state index in [-0.39, 0.29) is 5.91 Å². The van der Waals surface area contributed by atoms with Crippen LogP contribution in [0.3, 0.4) is 0 Å². The second-order valence-electron chi connectivity index (χ2n) is 4.97. The van der Waals surface area contributed by atoms with E-state index in [1.165, 1.54) is 11.3 Å². The van der Waals surface area contributed by atoms with Crippen molar-refractivity contribution >= 4 is 28.8 Å². The van der Waals surface area contributed by atoms with Crippen LogP contribution < -0.4 is 5.73 Å². The highest BCUT2D eigenvalue weighted by Gasteiger charge is 2.23. The maximum Gasteiger partial charge on any atom is 0.231 e. The minimum Gasteiger partial charge on any atom is -0.369 e. The monoisotopic (exact) mass is 330 g/mol. The van der Waals surface area contributed by atoms with Crippen molar-refractivity contribution in [2.75, 3.05) is 0 Å². The van der Waals surface area contributed by atoms with Gasteiger partial charge in [-0.3, -0.25) is 4.79 Å². The Kier molecular flexibility index (Phi) is 4.32. The summed E-state index contributed by atoms with van der Waals surface area (Å²) in [5.41, 5.74) is 9.42. The SMILES string of the molecule is NC(=O)C(c1ccc(-c2ccccc2CCl)[nH]1)c1cccs1. The molecule has 1 aromatic carbocycles. The number of hydrogen-bond acceptors (Lipinski definition) is 2. The number of carbonyl (C=O) groups is 1. The molecule has 3 N–H and O–H groups in total. The van der Waals surface area contributed by atoms with Gasteiger partial charge in [0.2, 0.25) is 5.91 Å². The van der Waals surface area contributed by atoms with E-state index < -0.39 is 5.92 Å². The number of hydrogen-bond donors (Lipinski definition) is 2. The Labute approximate surface area is 137 Å². The smallest absolute Gasteiger partial charge is 0.231 e. The topological polar surface area (TPSA) is 58.9 Å². The number of amides is 1. The van der Waals surface area contributed by atoms with Gasteiger partial charge in [0.05, 0.1) is 0 Å². The minimum absolute atomic E-state index is 0.360. The number of halogens is 1. The van der Waals surface area contributed by atoms with E-state index in [4.69, 9.17) is 17.3 Å². The molecule has 0 saturated heterocycles. The number of nitrogens with two attached hydrogens (primary N) is 1. The lowest BCUT2D eigenvalue weighted by atomic mass is 10.0. The van der Waals surface area contributed by atoms with E-state index in [1.807, 2.05) is 53.9 Å². The second-order valence-corrected chi connectivity index (χ2v) is 6.22. The molecular formula is C17H15ClN2OS. The van der Waals surface area contributed by atoms with Crippen molar-refractivity contribution in [1.29, 1.82) is 0 Å². The number of benzene rings is 1. The molecule has 2 heterocycles. The van der Waals surface area contributed by atoms with Crippen LogP contribution >= 0.6 is 22.9 Å². The maximum absolute atomic E-state index is 11.9. The third-order valence-corrected chi connectivity index (χ3v) is 4.81. The van der Waals surface area contributed by atoms with Crippen LogP contribution in [0.25, 0.3) is 11.3 Å². The van der Waals surface area contributed by atoms with Crippen LogP contribution in [0, 0.1) is 0 Å². The van der Waals surface area contributed by atoms with Crippen molar-refractivity contribution in [3.63, 3.8) is 0 Å². The van der Waals surface area contributed by atoms with Gasteiger partial charge in [-0.05, 0) is 29.1 Å². The van der Waals surface area contributed by atoms with E-state index in [2.05, 4.69) is 4.98 Å². The van der Waals surface area contributed by atoms with Gasteiger partial charge >= 0.3 is 0 Å². The third-order valence-electron chi connectivity index (χ3n) is 3.58. The fourth-order valence-electron chi connectivity index (χ4n) is 2.54. The Balaban J connectivity index is 2.01. The molecule has 3 aromatic rings. The first kappa shape index (κ1) is 14.9. The molecule has 0 aliphatic rings. The van der Waals surface area contributed by atoms with Crippen LogP contribution in [0.2, 0.25) is 0 Å². The highest BCUT2D eigenvalue weighted by Crippen LogP contribution is 2.31. The summed E-state index contributed by atoms with van der Waals surface area (Å²) in [6, 6.07) is 15.7. The molecule has 1 unspecified atom stereocenters. The number of thiophene rings is 1. The summed E-state index contributed by atoms with van der Waals surface area (Å²) in [5, 5.41) is 1.94. The first-order valence-electron chi connectivity index (χ1n) is 6.86. The summed E-state index contributed by atoms with van der Waals surface area (Å²) < 4.78 is 0. The number of carbonyl (C=O) groups excluding carboxylic acids is 1. The Bertz CT molecular complexity index is 780. The molecule has 0 spiro atoms. The van der Waals surface area contributed by atoms with Crippen LogP contribution in [0.15, 0.2) is 53.9 Å². The molecular weight excluding hydrogens is 316 g/mol. The predicted molar refractivity (Wildman–Crippen MR) is 91.1 cm³/mol. The molecule has 0 bridgehead atoms. The molecule has 1 atom stereocenters. The van der Waals surface area contributed by atoms with E-state index in [0.717, 1.165) is 27.4 Å². The lowest BCUT2D eigenvalue weighted by Crippen LogP contribution is -2.21. The Morgan fingerprint density at radius 2 is 2.00 bits per heavy atom. The molecule has 0 fully saturated rings. The first-order valence-corrected chi connectivity index (χ1v) is 8.28. The highest BCUT2D eigenvalue weighted by atomic mass is 35.5. The van der Waals surface area contributed by atoms with Gasteiger partial charge < -0.3 is 10.7 Å². The van der Waals surface area contributed by atoms with Crippen LogP contribution in [0.4, 0.5) is 0 Å². The largest absolute Gasteiger partial charge is 0.369 e. The fourth-order valence-corrected chi connectivity index (χ4v) is 3.62. The Hall–Kier alpha value is -2.04. The fraction of sp³-hybridized carbons (Fsp3) is 0.118. The predicted octanol–water partition coefficient (Wildman–Crippen LogP) is 4.10. The minimum atomic E-state index is -0.447. The summed E-state index contributed by atoms with van der Waals surface area (Å²) in [4.78, 5) is 16.1. The van der Waals surface area contributed by atoms with Crippen molar-refractivity contribution in [3.05, 3.63) is 70.0 Å². The zero-order chi connectivity index (χ0) is 15.5. The molecule has 5 heteroatoms. The van der Waals surface area contributed by atoms with Crippen molar-refractivity contribution in [2.24, 2.45) is 5.73 Å². The van der Waals surface area contributed by atoms with Crippen LogP contribution in [-0.4, -0.2) is 10.9 Å². The summed E-state index contributed by atoms with van der Waals surface area (Å²) >= 11 is 7.52. The molecule has 22 heavy (non-hydrogen) atoms. The number of H-pyrrole nitrogens is 1. The molecule has 0 radical (unpaired) electrons. The highest BCUT2D eigenvalue weighted by molar-refractivity contribution is 7.10. The van der Waals surface area contributed by atoms with Gasteiger partial charge in [0.1, 0.15) is 5.92 Å². The van der Waals surface area contributed by atoms with E-state index in [0.29, 0.717) is 5.88 Å². The van der Waals surface area contributed by atoms with E-state index in [9.17, 15) is 4.79 Å². The molecule has 0 aliphatic carbocycles. The zero-order valence-electron chi connectivity index (χ0n) is 11.8. The number of aromatic nitrogens is 1. The second kappa shape index (κ2) is 6.38. The molecule has 3 rings (SSSR count). The number of nitrogens with one attached hydrogen (secondary N) is 1. The first-order chi connectivity index (χ1) is 10.7. The molecule has 3 nitrogen and oxygen atoms in total. The van der Waals surface area contributed by atoms with Gasteiger partial charge in [-0.1, -0.05) is 30.3 Å². The van der Waals surface area contributed by atoms with E-state index >= 15 is 0 Å². The number of rotatable bonds is 5. The van der Waals surface area contributed by atoms with Crippen molar-refractivity contribution in [2.45, 2.75) is 11.8 Å². The van der Waals surface area contributed by atoms with Crippen LogP contribution in [0.5, 0.6) is 0 Å². The maximum atomic E-state index is 11.9. The Morgan fingerprint density at radius 1 is 1.18 bits per heavy atom. The van der Waals surface area contributed by atoms with Crippen LogP contribution in [-0.2, 0) is 10.7 Å². The van der Waals surface area contributed by atoms with Gasteiger partial charge in [0.15, 0.2) is 0 Å². The number of aromatic amines is 1. The van der Waals surface area contributed by atoms with Gasteiger partial charge in [-0.15, -0.1) is 22.9 Å². The normalized spacial score (nSPS) is 12.2. The summed E-state index contributed by atoms with van der Waals surface area (Å²) in [6.07, 6.45) is 0. The van der Waals surface area contributed by atoms with Crippen molar-refractivity contribution in [1.82, 2.24) is 4.98 Å². The Morgan fingerprint density at radius 3 is 2.68 bits per heavy atom. The zero-order valence-corrected chi connectivity index (χ0v) is 13.3. The van der Waals surface area contributed by atoms with Gasteiger partial charge in [0, 0.05) is 27.7 Å². The van der Waals surface area contributed by atoms with Crippen molar-refractivity contribution < 1.29 is 4.79 Å². The van der Waals surface area contributed by atoms with Crippen LogP contribution in [0.1, 0.15) is 22.1 Å². The van der Waals surface area contributed by atoms with Gasteiger partial charge in [0.25, 0.3) is 0 Å².